The van der Waals surface area contributed by atoms with Gasteiger partial charge in [0.15, 0.2) is 5.75 Å². The Labute approximate surface area is 69.0 Å². The molecule has 11 heavy (non-hydrogen) atoms. The first-order chi connectivity index (χ1) is 5.27. The number of pyridine rings is 1. The number of hydrogen-bond acceptors (Lipinski definition) is 2. The molecular weight excluding hydrogens is 169 g/mol. The molecule has 0 aliphatic carbocycles. The number of alkyl halides is 1. The molecule has 0 fully saturated rings. The lowest BCUT2D eigenvalue weighted by molar-refractivity contribution is 0.377. The highest BCUT2D eigenvalue weighted by Crippen LogP contribution is 2.16. The fraction of sp³-hybridized carbons (Fsp3) is 0.286. The third kappa shape index (κ3) is 1.80. The molecule has 0 N–H and O–H groups in total. The van der Waals surface area contributed by atoms with E-state index in [0.29, 0.717) is 5.88 Å². The fourth-order valence-electron chi connectivity index (χ4n) is 0.685. The normalized spacial score (nSPS) is 9.73. The molecule has 0 aromatic carbocycles. The number of ether oxygens (including phenoxy) is 1. The highest BCUT2D eigenvalue weighted by molar-refractivity contribution is 6.17. The van der Waals surface area contributed by atoms with Crippen LogP contribution >= 0.6 is 11.6 Å². The summed E-state index contributed by atoms with van der Waals surface area (Å²) in [4.78, 5) is 3.44. The van der Waals surface area contributed by atoms with E-state index in [1.807, 2.05) is 0 Å². The van der Waals surface area contributed by atoms with Crippen LogP contribution in [0.5, 0.6) is 5.75 Å². The summed E-state index contributed by atoms with van der Waals surface area (Å²) in [6, 6.07) is 1.52. The molecule has 0 aliphatic heterocycles. The molecule has 1 heterocycles. The molecule has 0 amide bonds. The largest absolute Gasteiger partial charge is 0.492 e. The van der Waals surface area contributed by atoms with Crippen LogP contribution in [0.2, 0.25) is 0 Å². The molecule has 0 unspecified atom stereocenters. The SMILES string of the molecule is COc1cc(CCl)cnc1F. The number of nitrogens with zero attached hydrogens (tertiary/aromatic N) is 1. The van der Waals surface area contributed by atoms with Crippen LogP contribution < -0.4 is 4.74 Å². The van der Waals surface area contributed by atoms with E-state index in [4.69, 9.17) is 16.3 Å². The lowest BCUT2D eigenvalue weighted by Crippen LogP contribution is -1.92. The van der Waals surface area contributed by atoms with Crippen molar-refractivity contribution in [3.63, 3.8) is 0 Å². The Bertz CT molecular complexity index is 254. The number of halogens is 2. The van der Waals surface area contributed by atoms with Gasteiger partial charge in [-0.1, -0.05) is 0 Å². The second kappa shape index (κ2) is 3.53. The van der Waals surface area contributed by atoms with E-state index < -0.39 is 5.95 Å². The first-order valence-corrected chi connectivity index (χ1v) is 3.55. The van der Waals surface area contributed by atoms with Gasteiger partial charge in [-0.25, -0.2) is 4.98 Å². The van der Waals surface area contributed by atoms with Crippen molar-refractivity contribution in [1.29, 1.82) is 0 Å². The molecule has 1 rings (SSSR count). The van der Waals surface area contributed by atoms with E-state index in [-0.39, 0.29) is 5.75 Å². The summed E-state index contributed by atoms with van der Waals surface area (Å²) >= 11 is 5.49. The van der Waals surface area contributed by atoms with Crippen LogP contribution in [0.15, 0.2) is 12.3 Å². The molecule has 0 aliphatic rings. The van der Waals surface area contributed by atoms with E-state index in [1.165, 1.54) is 19.4 Å². The summed E-state index contributed by atoms with van der Waals surface area (Å²) in [5, 5.41) is 0. The number of rotatable bonds is 2. The lowest BCUT2D eigenvalue weighted by atomic mass is 10.3. The Morgan fingerprint density at radius 2 is 2.45 bits per heavy atom. The predicted octanol–water partition coefficient (Wildman–Crippen LogP) is 1.97. The van der Waals surface area contributed by atoms with Crippen molar-refractivity contribution in [2.75, 3.05) is 7.11 Å². The molecule has 0 saturated carbocycles. The van der Waals surface area contributed by atoms with Crippen molar-refractivity contribution in [2.45, 2.75) is 5.88 Å². The quantitative estimate of drug-likeness (QED) is 0.507. The molecule has 60 valence electrons. The predicted molar refractivity (Wildman–Crippen MR) is 40.3 cm³/mol. The van der Waals surface area contributed by atoms with Crippen LogP contribution in [-0.4, -0.2) is 12.1 Å². The zero-order valence-corrected chi connectivity index (χ0v) is 6.73. The first-order valence-electron chi connectivity index (χ1n) is 3.02. The Morgan fingerprint density at radius 1 is 1.73 bits per heavy atom. The average Bonchev–Trinajstić information content (AvgIpc) is 2.05. The van der Waals surface area contributed by atoms with Gasteiger partial charge in [-0.15, -0.1) is 11.6 Å². The Morgan fingerprint density at radius 3 is 3.00 bits per heavy atom. The van der Waals surface area contributed by atoms with E-state index in [2.05, 4.69) is 4.98 Å². The molecule has 4 heteroatoms. The maximum Gasteiger partial charge on any atom is 0.255 e. The third-order valence-electron chi connectivity index (χ3n) is 1.24. The molecule has 0 atom stereocenters. The van der Waals surface area contributed by atoms with Crippen LogP contribution in [-0.2, 0) is 5.88 Å². The van der Waals surface area contributed by atoms with Crippen molar-refractivity contribution >= 4 is 11.6 Å². The van der Waals surface area contributed by atoms with Gasteiger partial charge in [-0.2, -0.15) is 4.39 Å². The summed E-state index contributed by atoms with van der Waals surface area (Å²) in [7, 11) is 1.39. The summed E-state index contributed by atoms with van der Waals surface area (Å²) in [6.45, 7) is 0. The first kappa shape index (κ1) is 8.27. The van der Waals surface area contributed by atoms with Crippen LogP contribution in [0.25, 0.3) is 0 Å². The number of hydrogen-bond donors (Lipinski definition) is 0. The van der Waals surface area contributed by atoms with Gasteiger partial charge in [0.05, 0.1) is 7.11 Å². The highest BCUT2D eigenvalue weighted by Gasteiger charge is 2.03. The van der Waals surface area contributed by atoms with Crippen LogP contribution in [0.4, 0.5) is 4.39 Å². The zero-order chi connectivity index (χ0) is 8.27. The minimum Gasteiger partial charge on any atom is -0.492 e. The van der Waals surface area contributed by atoms with E-state index in [1.54, 1.807) is 0 Å². The number of aromatic nitrogens is 1. The molecule has 1 aromatic rings. The van der Waals surface area contributed by atoms with Gasteiger partial charge in [-0.3, -0.25) is 0 Å². The zero-order valence-electron chi connectivity index (χ0n) is 5.97. The van der Waals surface area contributed by atoms with Gasteiger partial charge in [-0.05, 0) is 11.6 Å². The topological polar surface area (TPSA) is 22.1 Å². The summed E-state index contributed by atoms with van der Waals surface area (Å²) in [5.41, 5.74) is 0.741. The van der Waals surface area contributed by atoms with Gasteiger partial charge in [0.1, 0.15) is 0 Å². The van der Waals surface area contributed by atoms with Crippen molar-refractivity contribution in [1.82, 2.24) is 4.98 Å². The Balaban J connectivity index is 3.02. The van der Waals surface area contributed by atoms with Crippen molar-refractivity contribution < 1.29 is 9.13 Å². The van der Waals surface area contributed by atoms with Crippen LogP contribution in [0.3, 0.4) is 0 Å². The smallest absolute Gasteiger partial charge is 0.255 e. The van der Waals surface area contributed by atoms with Gasteiger partial charge < -0.3 is 4.74 Å². The minimum absolute atomic E-state index is 0.128. The fourth-order valence-corrected chi connectivity index (χ4v) is 0.831. The number of methoxy groups -OCH3 is 1. The molecule has 2 nitrogen and oxygen atoms in total. The maximum absolute atomic E-state index is 12.6. The summed E-state index contributed by atoms with van der Waals surface area (Å²) in [5.74, 6) is -0.173. The Kier molecular flexibility index (Phi) is 2.65. The standard InChI is InChI=1S/C7H7ClFNO/c1-11-6-2-5(3-8)4-10-7(6)9/h2,4H,3H2,1H3. The second-order valence-corrected chi connectivity index (χ2v) is 2.24. The maximum atomic E-state index is 12.6. The van der Waals surface area contributed by atoms with Gasteiger partial charge in [0.25, 0.3) is 5.95 Å². The van der Waals surface area contributed by atoms with Crippen LogP contribution in [0, 0.1) is 5.95 Å². The molecule has 0 radical (unpaired) electrons. The molecule has 0 saturated heterocycles. The van der Waals surface area contributed by atoms with E-state index in [0.717, 1.165) is 5.56 Å². The average molecular weight is 176 g/mol. The van der Waals surface area contributed by atoms with Crippen molar-refractivity contribution in [3.05, 3.63) is 23.8 Å². The summed E-state index contributed by atoms with van der Waals surface area (Å²) in [6.07, 6.45) is 1.38. The molecule has 0 bridgehead atoms. The summed E-state index contributed by atoms with van der Waals surface area (Å²) < 4.78 is 17.3. The van der Waals surface area contributed by atoms with Crippen LogP contribution in [0.1, 0.15) is 5.56 Å². The van der Waals surface area contributed by atoms with E-state index in [9.17, 15) is 4.39 Å². The van der Waals surface area contributed by atoms with Gasteiger partial charge in [0.2, 0.25) is 0 Å². The minimum atomic E-state index is -0.610. The van der Waals surface area contributed by atoms with Crippen molar-refractivity contribution in [3.8, 4) is 5.75 Å². The second-order valence-electron chi connectivity index (χ2n) is 1.97. The highest BCUT2D eigenvalue weighted by atomic mass is 35.5. The van der Waals surface area contributed by atoms with Crippen molar-refractivity contribution in [2.24, 2.45) is 0 Å². The molecule has 1 aromatic heterocycles. The van der Waals surface area contributed by atoms with E-state index >= 15 is 0 Å². The van der Waals surface area contributed by atoms with Gasteiger partial charge in [0, 0.05) is 12.1 Å². The van der Waals surface area contributed by atoms with Gasteiger partial charge >= 0.3 is 0 Å². The molecular formula is C7H7ClFNO. The Hall–Kier alpha value is -0.830. The third-order valence-corrected chi connectivity index (χ3v) is 1.55. The monoisotopic (exact) mass is 175 g/mol. The molecule has 0 spiro atoms. The lowest BCUT2D eigenvalue weighted by Gasteiger charge is -2.01.